The highest BCUT2D eigenvalue weighted by Crippen LogP contribution is 2.21. The van der Waals surface area contributed by atoms with Crippen LogP contribution in [0.5, 0.6) is 0 Å². The maximum Gasteiger partial charge on any atom is 0.159 e. The second kappa shape index (κ2) is 5.36. The molecule has 0 saturated carbocycles. The van der Waals surface area contributed by atoms with Crippen molar-refractivity contribution < 1.29 is 4.52 Å². The smallest absolute Gasteiger partial charge is 0.159 e. The van der Waals surface area contributed by atoms with Crippen molar-refractivity contribution in [1.29, 1.82) is 0 Å². The molecule has 2 nitrogen and oxygen atoms in total. The van der Waals surface area contributed by atoms with Crippen LogP contribution in [-0.2, 0) is 0 Å². The van der Waals surface area contributed by atoms with E-state index in [-0.39, 0.29) is 0 Å². The van der Waals surface area contributed by atoms with Crippen molar-refractivity contribution in [3.05, 3.63) is 67.4 Å². The minimum atomic E-state index is 0.535. The maximum absolute atomic E-state index is 5.75. The molecular formula is C15H12BNO. The van der Waals surface area contributed by atoms with Crippen LogP contribution in [0, 0.1) is 0 Å². The first-order valence-electron chi connectivity index (χ1n) is 5.52. The van der Waals surface area contributed by atoms with E-state index in [4.69, 9.17) is 12.4 Å². The molecule has 0 N–H and O–H groups in total. The monoisotopic (exact) mass is 233 g/mol. The van der Waals surface area contributed by atoms with Gasteiger partial charge in [0.15, 0.2) is 5.76 Å². The van der Waals surface area contributed by atoms with E-state index in [1.807, 2.05) is 30.3 Å². The molecule has 0 spiro atoms. The topological polar surface area (TPSA) is 26.0 Å². The van der Waals surface area contributed by atoms with Crippen LogP contribution in [0.15, 0.2) is 66.4 Å². The van der Waals surface area contributed by atoms with Crippen LogP contribution in [0.3, 0.4) is 0 Å². The first kappa shape index (κ1) is 12.2. The lowest BCUT2D eigenvalue weighted by atomic mass is 9.93. The number of nitrogens with zero attached hydrogens (tertiary/aromatic N) is 1. The molecule has 2 aromatic rings. The van der Waals surface area contributed by atoms with E-state index in [1.165, 1.54) is 6.20 Å². The van der Waals surface area contributed by atoms with E-state index in [0.717, 1.165) is 16.7 Å². The molecule has 2 rings (SSSR count). The highest BCUT2D eigenvalue weighted by molar-refractivity contribution is 6.35. The predicted octanol–water partition coefficient (Wildman–Crippen LogP) is 2.89. The molecule has 0 bridgehead atoms. The lowest BCUT2D eigenvalue weighted by Gasteiger charge is -2.03. The molecule has 0 saturated heterocycles. The van der Waals surface area contributed by atoms with Crippen LogP contribution in [-0.4, -0.2) is 13.0 Å². The summed E-state index contributed by atoms with van der Waals surface area (Å²) < 4.78 is 5.10. The van der Waals surface area contributed by atoms with E-state index in [1.54, 1.807) is 12.2 Å². The zero-order valence-electron chi connectivity index (χ0n) is 9.97. The Kier molecular flexibility index (Phi) is 3.63. The summed E-state index contributed by atoms with van der Waals surface area (Å²) in [5.41, 5.74) is 3.51. The Morgan fingerprint density at radius 3 is 2.44 bits per heavy atom. The summed E-state index contributed by atoms with van der Waals surface area (Å²) in [6, 6.07) is 7.84. The average molecular weight is 233 g/mol. The number of hydrogen-bond donors (Lipinski definition) is 0. The second-order valence-electron chi connectivity index (χ2n) is 3.75. The summed E-state index contributed by atoms with van der Waals surface area (Å²) in [7, 11) is 5.75. The average Bonchev–Trinajstić information content (AvgIpc) is 2.82. The fourth-order valence-corrected chi connectivity index (χ4v) is 1.69. The number of aromatic nitrogens is 1. The van der Waals surface area contributed by atoms with E-state index in [2.05, 4.69) is 18.3 Å². The molecule has 3 heteroatoms. The molecule has 0 unspecified atom stereocenters. The van der Waals surface area contributed by atoms with Gasteiger partial charge in [-0.15, -0.1) is 0 Å². The van der Waals surface area contributed by atoms with Gasteiger partial charge in [-0.25, -0.2) is 0 Å². The molecular weight excluding hydrogens is 221 g/mol. The Hall–Kier alpha value is -2.29. The van der Waals surface area contributed by atoms with Crippen molar-refractivity contribution in [3.8, 4) is 11.3 Å². The summed E-state index contributed by atoms with van der Waals surface area (Å²) in [6.07, 6.45) is 6.93. The summed E-state index contributed by atoms with van der Waals surface area (Å²) >= 11 is 0. The van der Waals surface area contributed by atoms with E-state index in [9.17, 15) is 0 Å². The maximum atomic E-state index is 5.75. The van der Waals surface area contributed by atoms with Crippen molar-refractivity contribution in [2.45, 2.75) is 0 Å². The Morgan fingerprint density at radius 2 is 1.94 bits per heavy atom. The summed E-state index contributed by atoms with van der Waals surface area (Å²) in [4.78, 5) is 0. The third-order valence-corrected chi connectivity index (χ3v) is 2.60. The fraction of sp³-hybridized carbons (Fsp3) is 0. The van der Waals surface area contributed by atoms with Crippen molar-refractivity contribution in [1.82, 2.24) is 5.16 Å². The third-order valence-electron chi connectivity index (χ3n) is 2.60. The number of benzene rings is 1. The molecule has 0 atom stereocenters. The summed E-state index contributed by atoms with van der Waals surface area (Å²) in [5.74, 6) is 0.592. The van der Waals surface area contributed by atoms with E-state index < -0.39 is 0 Å². The standard InChI is InChI=1S/C15H12BNO/c1-3-5-11(4-2)12-6-8-13(9-7-12)15-14(16)10-17-18-15/h3-10H,1-2H2/b11-5+. The molecule has 86 valence electrons. The van der Waals surface area contributed by atoms with Crippen molar-refractivity contribution in [2.75, 3.05) is 0 Å². The molecule has 0 aliphatic heterocycles. The highest BCUT2D eigenvalue weighted by atomic mass is 16.5. The highest BCUT2D eigenvalue weighted by Gasteiger charge is 2.06. The van der Waals surface area contributed by atoms with Gasteiger partial charge in [0, 0.05) is 5.56 Å². The van der Waals surface area contributed by atoms with Gasteiger partial charge in [-0.2, -0.15) is 0 Å². The van der Waals surface area contributed by atoms with Crippen molar-refractivity contribution in [3.63, 3.8) is 0 Å². The molecule has 18 heavy (non-hydrogen) atoms. The minimum Gasteiger partial charge on any atom is -0.357 e. The molecule has 0 aliphatic carbocycles. The third kappa shape index (κ3) is 2.35. The zero-order valence-corrected chi connectivity index (χ0v) is 9.97. The Morgan fingerprint density at radius 1 is 1.22 bits per heavy atom. The fourth-order valence-electron chi connectivity index (χ4n) is 1.69. The quantitative estimate of drug-likeness (QED) is 0.599. The van der Waals surface area contributed by atoms with Gasteiger partial charge in [0.2, 0.25) is 0 Å². The number of allylic oxidation sites excluding steroid dienone is 4. The van der Waals surface area contributed by atoms with Crippen LogP contribution in [0.2, 0.25) is 0 Å². The van der Waals surface area contributed by atoms with Gasteiger partial charge in [0.1, 0.15) is 7.85 Å². The SMILES string of the molecule is [B]c1cnoc1-c1ccc(/C(C=C)=C/C=C)cc1. The van der Waals surface area contributed by atoms with Gasteiger partial charge < -0.3 is 4.52 Å². The van der Waals surface area contributed by atoms with Crippen LogP contribution in [0.25, 0.3) is 16.9 Å². The molecule has 0 amide bonds. The van der Waals surface area contributed by atoms with Crippen LogP contribution < -0.4 is 5.46 Å². The first-order chi connectivity index (χ1) is 8.76. The molecule has 1 aromatic heterocycles. The van der Waals surface area contributed by atoms with Gasteiger partial charge in [-0.1, -0.05) is 60.8 Å². The van der Waals surface area contributed by atoms with E-state index >= 15 is 0 Å². The normalized spacial score (nSPS) is 11.2. The lowest BCUT2D eigenvalue weighted by molar-refractivity contribution is 0.432. The van der Waals surface area contributed by atoms with Gasteiger partial charge >= 0.3 is 0 Å². The van der Waals surface area contributed by atoms with Crippen LogP contribution >= 0.6 is 0 Å². The lowest BCUT2D eigenvalue weighted by Crippen LogP contribution is -2.00. The first-order valence-corrected chi connectivity index (χ1v) is 5.52. The number of rotatable bonds is 4. The molecule has 0 fully saturated rings. The van der Waals surface area contributed by atoms with Crippen LogP contribution in [0.4, 0.5) is 0 Å². The van der Waals surface area contributed by atoms with Gasteiger partial charge in [0.25, 0.3) is 0 Å². The van der Waals surface area contributed by atoms with E-state index in [0.29, 0.717) is 11.2 Å². The predicted molar refractivity (Wildman–Crippen MR) is 75.7 cm³/mol. The Labute approximate surface area is 108 Å². The zero-order chi connectivity index (χ0) is 13.0. The van der Waals surface area contributed by atoms with Gasteiger partial charge in [-0.05, 0) is 16.6 Å². The molecule has 2 radical (unpaired) electrons. The van der Waals surface area contributed by atoms with Crippen molar-refractivity contribution in [2.24, 2.45) is 0 Å². The summed E-state index contributed by atoms with van der Waals surface area (Å²) in [5, 5.41) is 3.66. The van der Waals surface area contributed by atoms with Gasteiger partial charge in [-0.3, -0.25) is 0 Å². The van der Waals surface area contributed by atoms with Crippen LogP contribution in [0.1, 0.15) is 5.56 Å². The number of hydrogen-bond acceptors (Lipinski definition) is 2. The van der Waals surface area contributed by atoms with Crippen molar-refractivity contribution >= 4 is 18.9 Å². The Balaban J connectivity index is 2.36. The second-order valence-corrected chi connectivity index (χ2v) is 3.75. The largest absolute Gasteiger partial charge is 0.357 e. The minimum absolute atomic E-state index is 0.535. The molecule has 1 heterocycles. The van der Waals surface area contributed by atoms with Gasteiger partial charge in [0.05, 0.1) is 6.20 Å². The molecule has 0 aliphatic rings. The molecule has 1 aromatic carbocycles. The summed E-state index contributed by atoms with van der Waals surface area (Å²) in [6.45, 7) is 7.46. The Bertz CT molecular complexity index is 593.